The van der Waals surface area contributed by atoms with Gasteiger partial charge < -0.3 is 5.73 Å². The van der Waals surface area contributed by atoms with Crippen molar-refractivity contribution in [2.45, 2.75) is 19.6 Å². The van der Waals surface area contributed by atoms with Crippen molar-refractivity contribution in [2.24, 2.45) is 5.73 Å². The Morgan fingerprint density at radius 3 is 2.68 bits per heavy atom. The first-order valence-corrected chi connectivity index (χ1v) is 7.04. The van der Waals surface area contributed by atoms with Crippen LogP contribution in [0.5, 0.6) is 0 Å². The number of hydrogen-bond acceptors (Lipinski definition) is 3. The Bertz CT molecular complexity index is 528. The predicted molar refractivity (Wildman–Crippen MR) is 81.4 cm³/mol. The van der Waals surface area contributed by atoms with Crippen molar-refractivity contribution in [2.75, 3.05) is 7.05 Å². The molecule has 1 aromatic heterocycles. The molecule has 0 fully saturated rings. The largest absolute Gasteiger partial charge is 0.326 e. The molecule has 100 valence electrons. The minimum Gasteiger partial charge on any atom is -0.326 e. The van der Waals surface area contributed by atoms with Crippen LogP contribution in [-0.2, 0) is 19.6 Å². The second-order valence-electron chi connectivity index (χ2n) is 4.62. The maximum absolute atomic E-state index is 5.63. The molecule has 0 spiro atoms. The third-order valence-electron chi connectivity index (χ3n) is 2.95. The Labute approximate surface area is 122 Å². The Hall–Kier alpha value is -1.23. The van der Waals surface area contributed by atoms with Crippen LogP contribution in [-0.4, -0.2) is 16.9 Å². The number of benzene rings is 1. The summed E-state index contributed by atoms with van der Waals surface area (Å²) in [5.41, 5.74) is 9.12. The van der Waals surface area contributed by atoms with Crippen molar-refractivity contribution in [3.8, 4) is 0 Å². The number of nitrogens with zero attached hydrogens (tertiary/aromatic N) is 2. The lowest BCUT2D eigenvalue weighted by Crippen LogP contribution is -2.18. The molecule has 0 unspecified atom stereocenters. The van der Waals surface area contributed by atoms with Crippen molar-refractivity contribution in [3.05, 3.63) is 63.9 Å². The van der Waals surface area contributed by atoms with Gasteiger partial charge in [-0.3, -0.25) is 9.88 Å². The molecule has 0 aliphatic heterocycles. The Balaban J connectivity index is 2.01. The van der Waals surface area contributed by atoms with Crippen molar-refractivity contribution in [3.63, 3.8) is 0 Å². The average molecular weight is 320 g/mol. The molecule has 0 amide bonds. The third kappa shape index (κ3) is 4.13. The number of rotatable bonds is 5. The monoisotopic (exact) mass is 319 g/mol. The molecule has 0 saturated heterocycles. The van der Waals surface area contributed by atoms with Gasteiger partial charge in [-0.05, 0) is 36.4 Å². The van der Waals surface area contributed by atoms with E-state index in [1.54, 1.807) is 0 Å². The van der Waals surface area contributed by atoms with Gasteiger partial charge in [0.25, 0.3) is 0 Å². The summed E-state index contributed by atoms with van der Waals surface area (Å²) in [6, 6.07) is 12.3. The summed E-state index contributed by atoms with van der Waals surface area (Å²) in [7, 11) is 2.10. The van der Waals surface area contributed by atoms with Gasteiger partial charge in [0.15, 0.2) is 0 Å². The van der Waals surface area contributed by atoms with Crippen LogP contribution in [0.2, 0.25) is 0 Å². The lowest BCUT2D eigenvalue weighted by Gasteiger charge is -2.17. The summed E-state index contributed by atoms with van der Waals surface area (Å²) in [5.74, 6) is 0. The van der Waals surface area contributed by atoms with Gasteiger partial charge in [-0.25, -0.2) is 0 Å². The van der Waals surface area contributed by atoms with E-state index in [-0.39, 0.29) is 0 Å². The zero-order valence-corrected chi connectivity index (χ0v) is 12.6. The Morgan fingerprint density at radius 2 is 2.05 bits per heavy atom. The van der Waals surface area contributed by atoms with Gasteiger partial charge in [0.1, 0.15) is 0 Å². The van der Waals surface area contributed by atoms with Crippen LogP contribution in [0.1, 0.15) is 16.8 Å². The van der Waals surface area contributed by atoms with Crippen molar-refractivity contribution >= 4 is 15.9 Å². The first-order valence-electron chi connectivity index (χ1n) is 6.25. The molecule has 2 rings (SSSR count). The fourth-order valence-corrected chi connectivity index (χ4v) is 2.51. The number of halogens is 1. The van der Waals surface area contributed by atoms with Gasteiger partial charge in [0, 0.05) is 30.3 Å². The van der Waals surface area contributed by atoms with Crippen LogP contribution in [0.4, 0.5) is 0 Å². The van der Waals surface area contributed by atoms with E-state index in [2.05, 4.69) is 51.1 Å². The molecule has 0 saturated carbocycles. The van der Waals surface area contributed by atoms with Crippen LogP contribution in [0, 0.1) is 0 Å². The molecule has 3 nitrogen and oxygen atoms in total. The second-order valence-corrected chi connectivity index (χ2v) is 5.48. The quantitative estimate of drug-likeness (QED) is 0.921. The van der Waals surface area contributed by atoms with E-state index < -0.39 is 0 Å². The highest BCUT2D eigenvalue weighted by atomic mass is 79.9. The molecule has 2 aromatic rings. The zero-order chi connectivity index (χ0) is 13.7. The molecule has 4 heteroatoms. The molecule has 1 aromatic carbocycles. The lowest BCUT2D eigenvalue weighted by molar-refractivity contribution is 0.314. The van der Waals surface area contributed by atoms with Crippen LogP contribution < -0.4 is 5.73 Å². The zero-order valence-electron chi connectivity index (χ0n) is 11.0. The van der Waals surface area contributed by atoms with E-state index in [1.807, 2.05) is 24.4 Å². The molecule has 1 heterocycles. The molecular weight excluding hydrogens is 302 g/mol. The van der Waals surface area contributed by atoms with E-state index in [4.69, 9.17) is 5.73 Å². The molecule has 0 bridgehead atoms. The standard InChI is InChI=1S/C15H18BrN3/c1-19(11-14-4-2-3-7-18-14)10-13-6-5-12(9-17)8-15(13)16/h2-8H,9-11,17H2,1H3. The van der Waals surface area contributed by atoms with Crippen LogP contribution in [0.25, 0.3) is 0 Å². The molecule has 0 atom stereocenters. The predicted octanol–water partition coefficient (Wildman–Crippen LogP) is 2.93. The van der Waals surface area contributed by atoms with Crippen LogP contribution in [0.3, 0.4) is 0 Å². The summed E-state index contributed by atoms with van der Waals surface area (Å²) in [5, 5.41) is 0. The molecule has 0 radical (unpaired) electrons. The Kier molecular flexibility index (Phi) is 5.07. The van der Waals surface area contributed by atoms with Gasteiger partial charge >= 0.3 is 0 Å². The average Bonchev–Trinajstić information content (AvgIpc) is 2.42. The second kappa shape index (κ2) is 6.80. The van der Waals surface area contributed by atoms with Gasteiger partial charge in [-0.15, -0.1) is 0 Å². The smallest absolute Gasteiger partial charge is 0.0543 e. The molecular formula is C15H18BrN3. The van der Waals surface area contributed by atoms with Crippen LogP contribution >= 0.6 is 15.9 Å². The minimum atomic E-state index is 0.572. The van der Waals surface area contributed by atoms with Crippen molar-refractivity contribution < 1.29 is 0 Å². The molecule has 2 N–H and O–H groups in total. The van der Waals surface area contributed by atoms with E-state index in [0.29, 0.717) is 6.54 Å². The fraction of sp³-hybridized carbons (Fsp3) is 0.267. The van der Waals surface area contributed by atoms with E-state index in [9.17, 15) is 0 Å². The third-order valence-corrected chi connectivity index (χ3v) is 3.69. The summed E-state index contributed by atoms with van der Waals surface area (Å²) < 4.78 is 1.11. The fourth-order valence-electron chi connectivity index (χ4n) is 1.96. The van der Waals surface area contributed by atoms with Gasteiger partial charge in [-0.1, -0.05) is 34.1 Å². The maximum atomic E-state index is 5.63. The molecule has 0 aliphatic rings. The van der Waals surface area contributed by atoms with E-state index in [1.165, 1.54) is 5.56 Å². The SMILES string of the molecule is CN(Cc1ccccn1)Cc1ccc(CN)cc1Br. The first kappa shape index (κ1) is 14.2. The summed E-state index contributed by atoms with van der Waals surface area (Å²) in [4.78, 5) is 6.58. The van der Waals surface area contributed by atoms with Crippen LogP contribution in [0.15, 0.2) is 47.1 Å². The van der Waals surface area contributed by atoms with E-state index >= 15 is 0 Å². The summed E-state index contributed by atoms with van der Waals surface area (Å²) in [6.07, 6.45) is 1.83. The maximum Gasteiger partial charge on any atom is 0.0543 e. The topological polar surface area (TPSA) is 42.2 Å². The summed E-state index contributed by atoms with van der Waals surface area (Å²) in [6.45, 7) is 2.29. The number of hydrogen-bond donors (Lipinski definition) is 1. The highest BCUT2D eigenvalue weighted by Crippen LogP contribution is 2.20. The normalized spacial score (nSPS) is 10.9. The highest BCUT2D eigenvalue weighted by Gasteiger charge is 2.06. The van der Waals surface area contributed by atoms with Gasteiger partial charge in [0.2, 0.25) is 0 Å². The first-order chi connectivity index (χ1) is 9.19. The lowest BCUT2D eigenvalue weighted by atomic mass is 10.1. The van der Waals surface area contributed by atoms with Crippen molar-refractivity contribution in [1.29, 1.82) is 0 Å². The van der Waals surface area contributed by atoms with Gasteiger partial charge in [0.05, 0.1) is 5.69 Å². The van der Waals surface area contributed by atoms with E-state index in [0.717, 1.165) is 28.8 Å². The number of pyridine rings is 1. The minimum absolute atomic E-state index is 0.572. The number of aromatic nitrogens is 1. The highest BCUT2D eigenvalue weighted by molar-refractivity contribution is 9.10. The molecule has 19 heavy (non-hydrogen) atoms. The number of nitrogens with two attached hydrogens (primary N) is 1. The molecule has 0 aliphatic carbocycles. The Morgan fingerprint density at radius 1 is 1.21 bits per heavy atom. The van der Waals surface area contributed by atoms with Crippen molar-refractivity contribution in [1.82, 2.24) is 9.88 Å². The van der Waals surface area contributed by atoms with Gasteiger partial charge in [-0.2, -0.15) is 0 Å². The summed E-state index contributed by atoms with van der Waals surface area (Å²) >= 11 is 3.60.